The standard InChI is InChI=1S/C28H15F4N7/c29-15-11-18(25(20(31)13-15)22-5-1-3-8-33-22)17-7-10-35-27(28-36-38-39-37-28)24(17)19-12-16(30)14-21(32)26(19)23-6-2-4-9-34-23/h1-14H,(H,36,37,38,39). The predicted octanol–water partition coefficient (Wildman–Crippen LogP) is 6.28. The third-order valence-electron chi connectivity index (χ3n) is 6.02. The van der Waals surface area contributed by atoms with E-state index >= 15 is 8.78 Å². The number of aromatic nitrogens is 7. The SMILES string of the molecule is Fc1cc(F)c(-c2ccccn2)c(-c2ccnc(-c3nn[nH]n3)c2-c2cc(F)cc(F)c2-c2ccccn2)c1. The molecular formula is C28H15F4N7. The molecule has 6 aromatic rings. The summed E-state index contributed by atoms with van der Waals surface area (Å²) in [5, 5.41) is 13.9. The second kappa shape index (κ2) is 9.86. The molecule has 0 fully saturated rings. The molecule has 0 saturated carbocycles. The first-order valence-corrected chi connectivity index (χ1v) is 11.6. The molecule has 190 valence electrons. The van der Waals surface area contributed by atoms with Crippen molar-refractivity contribution in [2.75, 3.05) is 0 Å². The molecule has 2 aromatic carbocycles. The average molecular weight is 525 g/mol. The molecule has 0 bridgehead atoms. The molecule has 11 heteroatoms. The molecule has 0 saturated heterocycles. The van der Waals surface area contributed by atoms with Gasteiger partial charge in [-0.05, 0) is 64.4 Å². The molecule has 4 heterocycles. The minimum Gasteiger partial charge on any atom is -0.256 e. The van der Waals surface area contributed by atoms with Crippen LogP contribution in [0.5, 0.6) is 0 Å². The number of H-pyrrole nitrogens is 1. The number of rotatable bonds is 5. The van der Waals surface area contributed by atoms with Crippen LogP contribution in [0.15, 0.2) is 85.3 Å². The maximum Gasteiger partial charge on any atom is 0.223 e. The summed E-state index contributed by atoms with van der Waals surface area (Å²) in [5.41, 5.74) is 0.840. The summed E-state index contributed by atoms with van der Waals surface area (Å²) in [6, 6.07) is 15.0. The Hall–Kier alpha value is -5.32. The van der Waals surface area contributed by atoms with Gasteiger partial charge in [0.15, 0.2) is 0 Å². The summed E-state index contributed by atoms with van der Waals surface area (Å²) in [7, 11) is 0. The zero-order valence-electron chi connectivity index (χ0n) is 19.8. The quantitative estimate of drug-likeness (QED) is 0.267. The summed E-state index contributed by atoms with van der Waals surface area (Å²) in [4.78, 5) is 12.9. The highest BCUT2D eigenvalue weighted by Crippen LogP contribution is 2.45. The largest absolute Gasteiger partial charge is 0.256 e. The first-order chi connectivity index (χ1) is 19.0. The van der Waals surface area contributed by atoms with Crippen molar-refractivity contribution < 1.29 is 17.6 Å². The van der Waals surface area contributed by atoms with Crippen LogP contribution in [0.2, 0.25) is 0 Å². The number of nitrogens with zero attached hydrogens (tertiary/aromatic N) is 6. The van der Waals surface area contributed by atoms with Crippen LogP contribution in [0.1, 0.15) is 0 Å². The second-order valence-corrected chi connectivity index (χ2v) is 8.37. The number of aromatic amines is 1. The predicted molar refractivity (Wildman–Crippen MR) is 135 cm³/mol. The summed E-state index contributed by atoms with van der Waals surface area (Å²) in [6.07, 6.45) is 4.32. The van der Waals surface area contributed by atoms with Gasteiger partial charge in [0.05, 0.1) is 11.4 Å². The van der Waals surface area contributed by atoms with Gasteiger partial charge < -0.3 is 0 Å². The Morgan fingerprint density at radius 3 is 1.74 bits per heavy atom. The summed E-state index contributed by atoms with van der Waals surface area (Å²) in [5.74, 6) is -3.51. The summed E-state index contributed by atoms with van der Waals surface area (Å²) < 4.78 is 60.5. The zero-order chi connectivity index (χ0) is 26.9. The molecule has 7 nitrogen and oxygen atoms in total. The van der Waals surface area contributed by atoms with Crippen LogP contribution >= 0.6 is 0 Å². The molecule has 0 aliphatic heterocycles. The van der Waals surface area contributed by atoms with Gasteiger partial charge in [-0.3, -0.25) is 15.0 Å². The molecule has 1 N–H and O–H groups in total. The average Bonchev–Trinajstić information content (AvgIpc) is 3.48. The van der Waals surface area contributed by atoms with Crippen LogP contribution < -0.4 is 0 Å². The van der Waals surface area contributed by atoms with E-state index in [1.54, 1.807) is 36.4 Å². The Morgan fingerprint density at radius 1 is 0.564 bits per heavy atom. The van der Waals surface area contributed by atoms with E-state index in [0.29, 0.717) is 0 Å². The van der Waals surface area contributed by atoms with Crippen molar-refractivity contribution in [1.82, 2.24) is 35.6 Å². The Bertz CT molecular complexity index is 1800. The number of hydrogen-bond donors (Lipinski definition) is 1. The van der Waals surface area contributed by atoms with Gasteiger partial charge in [-0.25, -0.2) is 17.6 Å². The van der Waals surface area contributed by atoms with Gasteiger partial charge in [0, 0.05) is 47.4 Å². The molecular weight excluding hydrogens is 510 g/mol. The maximum absolute atomic E-state index is 15.5. The van der Waals surface area contributed by atoms with Crippen LogP contribution in [0, 0.1) is 23.3 Å². The Morgan fingerprint density at radius 2 is 1.18 bits per heavy atom. The topological polar surface area (TPSA) is 93.1 Å². The van der Waals surface area contributed by atoms with Crippen LogP contribution in [-0.4, -0.2) is 35.6 Å². The fraction of sp³-hybridized carbons (Fsp3) is 0. The van der Waals surface area contributed by atoms with E-state index in [-0.39, 0.29) is 56.3 Å². The van der Waals surface area contributed by atoms with Gasteiger partial charge in [0.2, 0.25) is 5.82 Å². The molecule has 0 spiro atoms. The minimum absolute atomic E-state index is 0.000230. The van der Waals surface area contributed by atoms with Gasteiger partial charge >= 0.3 is 0 Å². The van der Waals surface area contributed by atoms with E-state index in [4.69, 9.17) is 0 Å². The Kier molecular flexibility index (Phi) is 6.08. The first-order valence-electron chi connectivity index (χ1n) is 11.6. The fourth-order valence-corrected chi connectivity index (χ4v) is 4.49. The fourth-order valence-electron chi connectivity index (χ4n) is 4.49. The maximum atomic E-state index is 15.5. The number of nitrogens with one attached hydrogen (secondary N) is 1. The molecule has 0 aliphatic carbocycles. The summed E-state index contributed by atoms with van der Waals surface area (Å²) in [6.45, 7) is 0. The van der Waals surface area contributed by atoms with Gasteiger partial charge in [-0.1, -0.05) is 12.1 Å². The van der Waals surface area contributed by atoms with Gasteiger partial charge in [-0.15, -0.1) is 10.2 Å². The van der Waals surface area contributed by atoms with Crippen molar-refractivity contribution >= 4 is 0 Å². The highest BCUT2D eigenvalue weighted by atomic mass is 19.1. The van der Waals surface area contributed by atoms with Crippen LogP contribution in [0.4, 0.5) is 17.6 Å². The number of tetrazole rings is 1. The van der Waals surface area contributed by atoms with Crippen molar-refractivity contribution in [3.63, 3.8) is 0 Å². The third-order valence-corrected chi connectivity index (χ3v) is 6.02. The van der Waals surface area contributed by atoms with Crippen molar-refractivity contribution in [2.45, 2.75) is 0 Å². The number of pyridine rings is 3. The number of halogens is 4. The molecule has 0 radical (unpaired) electrons. The van der Waals surface area contributed by atoms with Crippen LogP contribution in [0.25, 0.3) is 56.3 Å². The highest BCUT2D eigenvalue weighted by Gasteiger charge is 2.27. The van der Waals surface area contributed by atoms with E-state index < -0.39 is 23.3 Å². The van der Waals surface area contributed by atoms with Crippen molar-refractivity contribution in [3.8, 4) is 56.3 Å². The van der Waals surface area contributed by atoms with Crippen molar-refractivity contribution in [3.05, 3.63) is 109 Å². The van der Waals surface area contributed by atoms with Gasteiger partial charge in [0.1, 0.15) is 29.0 Å². The molecule has 0 amide bonds. The van der Waals surface area contributed by atoms with Crippen molar-refractivity contribution in [1.29, 1.82) is 0 Å². The first kappa shape index (κ1) is 24.0. The Labute approximate surface area is 218 Å². The van der Waals surface area contributed by atoms with Gasteiger partial charge in [-0.2, -0.15) is 5.21 Å². The van der Waals surface area contributed by atoms with Gasteiger partial charge in [0.25, 0.3) is 0 Å². The van der Waals surface area contributed by atoms with E-state index in [9.17, 15) is 8.78 Å². The third kappa shape index (κ3) is 4.39. The zero-order valence-corrected chi connectivity index (χ0v) is 19.8. The van der Waals surface area contributed by atoms with E-state index in [0.717, 1.165) is 24.3 Å². The summed E-state index contributed by atoms with van der Waals surface area (Å²) >= 11 is 0. The van der Waals surface area contributed by atoms with E-state index in [2.05, 4.69) is 35.6 Å². The highest BCUT2D eigenvalue weighted by molar-refractivity contribution is 5.99. The lowest BCUT2D eigenvalue weighted by molar-refractivity contribution is 0.585. The van der Waals surface area contributed by atoms with Crippen LogP contribution in [-0.2, 0) is 0 Å². The van der Waals surface area contributed by atoms with Crippen molar-refractivity contribution in [2.24, 2.45) is 0 Å². The van der Waals surface area contributed by atoms with E-state index in [1.807, 2.05) is 0 Å². The molecule has 0 aliphatic rings. The number of benzene rings is 2. The smallest absolute Gasteiger partial charge is 0.223 e. The number of hydrogen-bond acceptors (Lipinski definition) is 6. The normalized spacial score (nSPS) is 11.1. The minimum atomic E-state index is -0.895. The molecule has 6 rings (SSSR count). The lowest BCUT2D eigenvalue weighted by Gasteiger charge is -2.19. The lowest BCUT2D eigenvalue weighted by Crippen LogP contribution is -2.02. The lowest BCUT2D eigenvalue weighted by atomic mass is 9.86. The molecule has 4 aromatic heterocycles. The van der Waals surface area contributed by atoms with Crippen LogP contribution in [0.3, 0.4) is 0 Å². The molecule has 0 unspecified atom stereocenters. The molecule has 39 heavy (non-hydrogen) atoms. The Balaban J connectivity index is 1.76. The van der Waals surface area contributed by atoms with E-state index in [1.165, 1.54) is 24.7 Å². The molecule has 0 atom stereocenters. The second-order valence-electron chi connectivity index (χ2n) is 8.37. The monoisotopic (exact) mass is 525 g/mol.